The van der Waals surface area contributed by atoms with E-state index in [1.165, 1.54) is 24.3 Å². The molecule has 1 aromatic heterocycles. The summed E-state index contributed by atoms with van der Waals surface area (Å²) in [5.74, 6) is 1.11. The number of nitro groups is 1. The zero-order valence-corrected chi connectivity index (χ0v) is 15.4. The molecule has 144 valence electrons. The Labute approximate surface area is 164 Å². The van der Waals surface area contributed by atoms with Gasteiger partial charge in [-0.05, 0) is 30.3 Å². The van der Waals surface area contributed by atoms with E-state index in [0.29, 0.717) is 17.3 Å². The summed E-state index contributed by atoms with van der Waals surface area (Å²) >= 11 is 5.98. The fourth-order valence-corrected chi connectivity index (χ4v) is 2.49. The highest BCUT2D eigenvalue weighted by atomic mass is 35.5. The number of methoxy groups -OCH3 is 1. The number of anilines is 1. The Morgan fingerprint density at radius 1 is 1.18 bits per heavy atom. The van der Waals surface area contributed by atoms with Gasteiger partial charge >= 0.3 is 0 Å². The second-order valence-electron chi connectivity index (χ2n) is 5.61. The molecule has 1 amide bonds. The molecular weight excluding hydrogens is 388 g/mol. The number of carbonyl (C=O) groups excluding carboxylic acids is 1. The molecular formula is C19H15ClN2O6. The number of halogens is 1. The highest BCUT2D eigenvalue weighted by molar-refractivity contribution is 6.34. The fourth-order valence-electron chi connectivity index (χ4n) is 2.33. The van der Waals surface area contributed by atoms with Crippen LogP contribution in [0.3, 0.4) is 0 Å². The number of nitro benzene ring substituents is 1. The third-order valence-corrected chi connectivity index (χ3v) is 4.05. The number of furan rings is 1. The van der Waals surface area contributed by atoms with Gasteiger partial charge in [-0.1, -0.05) is 17.7 Å². The lowest BCUT2D eigenvalue weighted by Gasteiger charge is -2.06. The minimum atomic E-state index is -0.588. The van der Waals surface area contributed by atoms with Gasteiger partial charge in [0.05, 0.1) is 22.7 Å². The van der Waals surface area contributed by atoms with Crippen LogP contribution in [0, 0.1) is 10.1 Å². The maximum absolute atomic E-state index is 12.3. The van der Waals surface area contributed by atoms with Crippen molar-refractivity contribution in [1.82, 2.24) is 0 Å². The van der Waals surface area contributed by atoms with Crippen LogP contribution in [0.2, 0.25) is 5.02 Å². The molecule has 0 saturated heterocycles. The normalized spacial score (nSPS) is 10.4. The van der Waals surface area contributed by atoms with Gasteiger partial charge in [-0.25, -0.2) is 0 Å². The number of nitrogens with one attached hydrogen (secondary N) is 1. The number of benzene rings is 2. The Hall–Kier alpha value is -3.52. The van der Waals surface area contributed by atoms with Crippen molar-refractivity contribution in [2.75, 3.05) is 12.4 Å². The summed E-state index contributed by atoms with van der Waals surface area (Å²) in [7, 11) is 1.56. The Morgan fingerprint density at radius 3 is 2.71 bits per heavy atom. The average Bonchev–Trinajstić information content (AvgIpc) is 3.17. The van der Waals surface area contributed by atoms with E-state index < -0.39 is 10.8 Å². The Morgan fingerprint density at radius 2 is 1.96 bits per heavy atom. The minimum absolute atomic E-state index is 0.0202. The third-order valence-electron chi connectivity index (χ3n) is 3.72. The standard InChI is InChI=1S/C19H15ClN2O6/c1-26-13-3-2-4-14(10-13)27-11-15-6-8-18(28-15)19(23)21-17-9-12(22(24)25)5-7-16(17)20/h2-10H,11H2,1H3,(H,21,23). The van der Waals surface area contributed by atoms with Gasteiger partial charge in [0.25, 0.3) is 11.6 Å². The van der Waals surface area contributed by atoms with Gasteiger partial charge in [-0.15, -0.1) is 0 Å². The van der Waals surface area contributed by atoms with Gasteiger partial charge in [0.15, 0.2) is 5.76 Å². The monoisotopic (exact) mass is 402 g/mol. The highest BCUT2D eigenvalue weighted by Gasteiger charge is 2.16. The number of nitrogens with zero attached hydrogens (tertiary/aromatic N) is 1. The van der Waals surface area contributed by atoms with E-state index in [2.05, 4.69) is 5.32 Å². The van der Waals surface area contributed by atoms with Crippen LogP contribution < -0.4 is 14.8 Å². The molecule has 1 heterocycles. The molecule has 28 heavy (non-hydrogen) atoms. The molecule has 2 aromatic carbocycles. The van der Waals surface area contributed by atoms with E-state index >= 15 is 0 Å². The first kappa shape index (κ1) is 19.2. The summed E-state index contributed by atoms with van der Waals surface area (Å²) < 4.78 is 16.2. The molecule has 9 heteroatoms. The number of ether oxygens (including phenoxy) is 2. The molecule has 3 aromatic rings. The lowest BCUT2D eigenvalue weighted by Crippen LogP contribution is -2.11. The van der Waals surface area contributed by atoms with Crippen LogP contribution in [0.5, 0.6) is 11.5 Å². The molecule has 0 radical (unpaired) electrons. The zero-order valence-electron chi connectivity index (χ0n) is 14.7. The number of rotatable bonds is 7. The largest absolute Gasteiger partial charge is 0.497 e. The average molecular weight is 403 g/mol. The van der Waals surface area contributed by atoms with Crippen molar-refractivity contribution in [1.29, 1.82) is 0 Å². The number of hydrogen-bond donors (Lipinski definition) is 1. The van der Waals surface area contributed by atoms with E-state index in [0.717, 1.165) is 0 Å². The molecule has 8 nitrogen and oxygen atoms in total. The van der Waals surface area contributed by atoms with Gasteiger partial charge in [0.1, 0.15) is 23.9 Å². The molecule has 0 fully saturated rings. The quantitative estimate of drug-likeness (QED) is 0.454. The fraction of sp³-hybridized carbons (Fsp3) is 0.105. The van der Waals surface area contributed by atoms with Crippen LogP contribution in [0.25, 0.3) is 0 Å². The summed E-state index contributed by atoms with van der Waals surface area (Å²) in [6, 6.07) is 13.9. The second kappa shape index (κ2) is 8.45. The van der Waals surface area contributed by atoms with Gasteiger partial charge in [-0.3, -0.25) is 14.9 Å². The topological polar surface area (TPSA) is 104 Å². The lowest BCUT2D eigenvalue weighted by molar-refractivity contribution is -0.384. The number of amides is 1. The highest BCUT2D eigenvalue weighted by Crippen LogP contribution is 2.27. The molecule has 0 spiro atoms. The number of hydrogen-bond acceptors (Lipinski definition) is 6. The zero-order chi connectivity index (χ0) is 20.1. The van der Waals surface area contributed by atoms with Crippen LogP contribution in [-0.2, 0) is 6.61 Å². The maximum Gasteiger partial charge on any atom is 0.291 e. The van der Waals surface area contributed by atoms with E-state index in [1.54, 1.807) is 37.4 Å². The molecule has 0 aliphatic heterocycles. The SMILES string of the molecule is COc1cccc(OCc2ccc(C(=O)Nc3cc([N+](=O)[O-])ccc3Cl)o2)c1. The van der Waals surface area contributed by atoms with E-state index in [1.807, 2.05) is 0 Å². The van der Waals surface area contributed by atoms with Crippen molar-refractivity contribution < 1.29 is 23.6 Å². The lowest BCUT2D eigenvalue weighted by atomic mass is 10.2. The van der Waals surface area contributed by atoms with Gasteiger partial charge < -0.3 is 19.2 Å². The summed E-state index contributed by atoms with van der Waals surface area (Å²) in [5.41, 5.74) is -0.0713. The Kier molecular flexibility index (Phi) is 5.81. The summed E-state index contributed by atoms with van der Waals surface area (Å²) in [4.78, 5) is 22.6. The predicted molar refractivity (Wildman–Crippen MR) is 102 cm³/mol. The van der Waals surface area contributed by atoms with Crippen LogP contribution in [0.15, 0.2) is 59.0 Å². The van der Waals surface area contributed by atoms with Gasteiger partial charge in [0, 0.05) is 18.2 Å². The van der Waals surface area contributed by atoms with Crippen LogP contribution in [-0.4, -0.2) is 17.9 Å². The third kappa shape index (κ3) is 4.60. The van der Waals surface area contributed by atoms with Crippen molar-refractivity contribution in [3.05, 3.63) is 81.3 Å². The van der Waals surface area contributed by atoms with Crippen molar-refractivity contribution in [3.63, 3.8) is 0 Å². The van der Waals surface area contributed by atoms with Gasteiger partial charge in [0.2, 0.25) is 0 Å². The maximum atomic E-state index is 12.3. The first-order valence-electron chi connectivity index (χ1n) is 8.07. The van der Waals surface area contributed by atoms with Crippen LogP contribution >= 0.6 is 11.6 Å². The van der Waals surface area contributed by atoms with Crippen LogP contribution in [0.1, 0.15) is 16.3 Å². The van der Waals surface area contributed by atoms with Gasteiger partial charge in [-0.2, -0.15) is 0 Å². The molecule has 0 saturated carbocycles. The molecule has 0 aliphatic carbocycles. The van der Waals surface area contributed by atoms with Crippen molar-refractivity contribution in [3.8, 4) is 11.5 Å². The van der Waals surface area contributed by atoms with E-state index in [-0.39, 0.29) is 28.8 Å². The summed E-state index contributed by atoms with van der Waals surface area (Å²) in [5, 5.41) is 13.5. The first-order valence-corrected chi connectivity index (χ1v) is 8.45. The van der Waals surface area contributed by atoms with Crippen molar-refractivity contribution >= 4 is 28.9 Å². The molecule has 0 bridgehead atoms. The smallest absolute Gasteiger partial charge is 0.291 e. The predicted octanol–water partition coefficient (Wildman–Crippen LogP) is 4.68. The number of carbonyl (C=O) groups is 1. The van der Waals surface area contributed by atoms with Crippen LogP contribution in [0.4, 0.5) is 11.4 Å². The summed E-state index contributed by atoms with van der Waals surface area (Å²) in [6.45, 7) is 0.109. The molecule has 1 N–H and O–H groups in total. The molecule has 0 atom stereocenters. The summed E-state index contributed by atoms with van der Waals surface area (Å²) in [6.07, 6.45) is 0. The second-order valence-corrected chi connectivity index (χ2v) is 6.02. The number of non-ortho nitro benzene ring substituents is 1. The molecule has 0 aliphatic rings. The van der Waals surface area contributed by atoms with E-state index in [4.69, 9.17) is 25.5 Å². The Bertz CT molecular complexity index is 1020. The Balaban J connectivity index is 1.65. The molecule has 3 rings (SSSR count). The first-order chi connectivity index (χ1) is 13.5. The van der Waals surface area contributed by atoms with E-state index in [9.17, 15) is 14.9 Å². The minimum Gasteiger partial charge on any atom is -0.497 e. The molecule has 0 unspecified atom stereocenters. The van der Waals surface area contributed by atoms with Crippen molar-refractivity contribution in [2.45, 2.75) is 6.61 Å². The van der Waals surface area contributed by atoms with Crippen molar-refractivity contribution in [2.24, 2.45) is 0 Å².